The van der Waals surface area contributed by atoms with Crippen molar-refractivity contribution in [1.82, 2.24) is 0 Å². The molecule has 4 aliphatic carbocycles. The van der Waals surface area contributed by atoms with E-state index in [1.165, 1.54) is 11.1 Å². The monoisotopic (exact) mass is 344 g/mol. The predicted octanol–water partition coefficient (Wildman–Crippen LogP) is 2.73. The number of ketones is 2. The second-order valence-corrected chi connectivity index (χ2v) is 8.99. The van der Waals surface area contributed by atoms with Gasteiger partial charge in [0, 0.05) is 23.7 Å². The number of hydrogen-bond acceptors (Lipinski definition) is 4. The lowest BCUT2D eigenvalue weighted by atomic mass is 9.51. The zero-order chi connectivity index (χ0) is 18.0. The Hall–Kier alpha value is -1.26. The summed E-state index contributed by atoms with van der Waals surface area (Å²) in [5.41, 5.74) is 0.754. The Bertz CT molecular complexity index is 705. The van der Waals surface area contributed by atoms with Crippen molar-refractivity contribution in [3.05, 3.63) is 23.3 Å². The lowest BCUT2D eigenvalue weighted by Gasteiger charge is -2.53. The highest BCUT2D eigenvalue weighted by Crippen LogP contribution is 2.65. The summed E-state index contributed by atoms with van der Waals surface area (Å²) in [5, 5.41) is 20.5. The fourth-order valence-electron chi connectivity index (χ4n) is 6.39. The molecule has 25 heavy (non-hydrogen) atoms. The van der Waals surface area contributed by atoms with Crippen molar-refractivity contribution in [2.75, 3.05) is 6.61 Å². The first kappa shape index (κ1) is 17.2. The number of rotatable bonds is 2. The molecular formula is C21H28O4. The van der Waals surface area contributed by atoms with E-state index in [0.717, 1.165) is 19.3 Å². The number of Topliss-reactive ketones (excluding diaryl/α,β-unsaturated/α-hetero) is 2. The van der Waals surface area contributed by atoms with Gasteiger partial charge in [0.2, 0.25) is 0 Å². The van der Waals surface area contributed by atoms with E-state index in [0.29, 0.717) is 37.4 Å². The van der Waals surface area contributed by atoms with Gasteiger partial charge in [0.05, 0.1) is 0 Å². The normalized spacial score (nSPS) is 45.8. The van der Waals surface area contributed by atoms with Gasteiger partial charge in [0.25, 0.3) is 0 Å². The van der Waals surface area contributed by atoms with Crippen LogP contribution < -0.4 is 0 Å². The highest BCUT2D eigenvalue weighted by molar-refractivity contribution is 5.89. The first-order valence-corrected chi connectivity index (χ1v) is 9.54. The Labute approximate surface area is 149 Å². The second kappa shape index (κ2) is 5.37. The van der Waals surface area contributed by atoms with Crippen molar-refractivity contribution in [3.63, 3.8) is 0 Å². The van der Waals surface area contributed by atoms with Crippen LogP contribution in [0.4, 0.5) is 0 Å². The van der Waals surface area contributed by atoms with Gasteiger partial charge >= 0.3 is 0 Å². The van der Waals surface area contributed by atoms with Crippen molar-refractivity contribution in [3.8, 4) is 0 Å². The van der Waals surface area contributed by atoms with Gasteiger partial charge in [0.15, 0.2) is 5.78 Å². The zero-order valence-electron chi connectivity index (χ0n) is 15.2. The maximum Gasteiger partial charge on any atom is 0.190 e. The number of aliphatic hydroxyl groups is 2. The summed E-state index contributed by atoms with van der Waals surface area (Å²) in [5.74, 6) is 0.490. The van der Waals surface area contributed by atoms with Crippen LogP contribution in [0.25, 0.3) is 0 Å². The standard InChI is InChI=1S/C21H28O4/c1-19-8-5-14(23)11-13(19)3-4-15-16(19)6-9-20(2)17(15)7-10-21(20,25)18(24)12-22/h3,6,15,17,22,25H,4-5,7-12H2,1-2H3/t15?,17?,19-,20-,21-/m0/s1. The molecule has 2 N–H and O–H groups in total. The summed E-state index contributed by atoms with van der Waals surface area (Å²) in [6.07, 6.45) is 9.44. The summed E-state index contributed by atoms with van der Waals surface area (Å²) < 4.78 is 0. The second-order valence-electron chi connectivity index (χ2n) is 8.99. The van der Waals surface area contributed by atoms with E-state index >= 15 is 0 Å². The molecule has 0 heterocycles. The molecular weight excluding hydrogens is 316 g/mol. The number of hydrogen-bond donors (Lipinski definition) is 2. The molecule has 2 saturated carbocycles. The molecule has 4 aliphatic rings. The van der Waals surface area contributed by atoms with Gasteiger partial charge in [-0.3, -0.25) is 9.59 Å². The number of fused-ring (bicyclic) bond motifs is 5. The van der Waals surface area contributed by atoms with Crippen LogP contribution in [0, 0.1) is 22.7 Å². The minimum Gasteiger partial charge on any atom is -0.388 e. The Kier molecular flexibility index (Phi) is 3.69. The summed E-state index contributed by atoms with van der Waals surface area (Å²) >= 11 is 0. The molecule has 5 atom stereocenters. The first-order valence-electron chi connectivity index (χ1n) is 9.54. The van der Waals surface area contributed by atoms with E-state index in [1.54, 1.807) is 0 Å². The third kappa shape index (κ3) is 2.07. The fourth-order valence-corrected chi connectivity index (χ4v) is 6.39. The molecule has 0 saturated heterocycles. The van der Waals surface area contributed by atoms with Crippen LogP contribution >= 0.6 is 0 Å². The van der Waals surface area contributed by atoms with Crippen molar-refractivity contribution in [2.45, 2.75) is 64.4 Å². The molecule has 4 heteroatoms. The number of allylic oxidation sites excluding steroid dienone is 4. The average Bonchev–Trinajstić information content (AvgIpc) is 2.87. The van der Waals surface area contributed by atoms with Crippen LogP contribution in [0.1, 0.15) is 58.8 Å². The van der Waals surface area contributed by atoms with Crippen molar-refractivity contribution in [1.29, 1.82) is 0 Å². The van der Waals surface area contributed by atoms with Crippen LogP contribution in [0.2, 0.25) is 0 Å². The van der Waals surface area contributed by atoms with Crippen LogP contribution in [0.3, 0.4) is 0 Å². The summed E-state index contributed by atoms with van der Waals surface area (Å²) in [6, 6.07) is 0. The molecule has 0 radical (unpaired) electrons. The summed E-state index contributed by atoms with van der Waals surface area (Å²) in [6.45, 7) is 3.70. The molecule has 0 aromatic carbocycles. The third-order valence-corrected chi connectivity index (χ3v) is 8.07. The summed E-state index contributed by atoms with van der Waals surface area (Å²) in [4.78, 5) is 24.2. The van der Waals surface area contributed by atoms with Gasteiger partial charge < -0.3 is 10.2 Å². The quantitative estimate of drug-likeness (QED) is 0.756. The van der Waals surface area contributed by atoms with Crippen LogP contribution in [-0.4, -0.2) is 34.0 Å². The van der Waals surface area contributed by atoms with E-state index in [-0.39, 0.29) is 11.3 Å². The number of carbonyl (C=O) groups is 2. The average molecular weight is 344 g/mol. The Morgan fingerprint density at radius 1 is 1.28 bits per heavy atom. The van der Waals surface area contributed by atoms with Gasteiger partial charge in [-0.15, -0.1) is 0 Å². The molecule has 4 nitrogen and oxygen atoms in total. The summed E-state index contributed by atoms with van der Waals surface area (Å²) in [7, 11) is 0. The highest BCUT2D eigenvalue weighted by Gasteiger charge is 2.63. The molecule has 0 aromatic rings. The van der Waals surface area contributed by atoms with E-state index in [2.05, 4.69) is 19.1 Å². The maximum atomic E-state index is 12.3. The molecule has 136 valence electrons. The minimum absolute atomic E-state index is 0.0279. The molecule has 0 aromatic heterocycles. The molecule has 0 amide bonds. The topological polar surface area (TPSA) is 74.6 Å². The first-order chi connectivity index (χ1) is 11.8. The van der Waals surface area contributed by atoms with E-state index in [4.69, 9.17) is 0 Å². The van der Waals surface area contributed by atoms with Gasteiger partial charge in [-0.2, -0.15) is 0 Å². The van der Waals surface area contributed by atoms with E-state index in [9.17, 15) is 19.8 Å². The van der Waals surface area contributed by atoms with Crippen LogP contribution in [-0.2, 0) is 9.59 Å². The molecule has 0 spiro atoms. The lowest BCUT2D eigenvalue weighted by molar-refractivity contribution is -0.155. The lowest BCUT2D eigenvalue weighted by Crippen LogP contribution is -2.55. The van der Waals surface area contributed by atoms with Gasteiger partial charge in [-0.05, 0) is 43.9 Å². The SMILES string of the molecule is C[C@]12CCC(=O)CC1=CCC1C2=CC[C@@]2(C)C1CC[C@]2(O)C(=O)CO. The molecule has 2 unspecified atom stereocenters. The van der Waals surface area contributed by atoms with Crippen LogP contribution in [0.5, 0.6) is 0 Å². The van der Waals surface area contributed by atoms with E-state index in [1.807, 2.05) is 6.92 Å². The predicted molar refractivity (Wildman–Crippen MR) is 93.7 cm³/mol. The Morgan fingerprint density at radius 2 is 2.04 bits per heavy atom. The van der Waals surface area contributed by atoms with Crippen molar-refractivity contribution < 1.29 is 19.8 Å². The number of aliphatic hydroxyl groups excluding tert-OH is 1. The van der Waals surface area contributed by atoms with Gasteiger partial charge in [-0.25, -0.2) is 0 Å². The molecule has 2 fully saturated rings. The minimum atomic E-state index is -1.41. The Balaban J connectivity index is 1.74. The van der Waals surface area contributed by atoms with Crippen molar-refractivity contribution >= 4 is 11.6 Å². The number of carbonyl (C=O) groups excluding carboxylic acids is 2. The molecule has 4 rings (SSSR count). The third-order valence-electron chi connectivity index (χ3n) is 8.07. The fraction of sp³-hybridized carbons (Fsp3) is 0.714. The zero-order valence-corrected chi connectivity index (χ0v) is 15.2. The van der Waals surface area contributed by atoms with Gasteiger partial charge in [-0.1, -0.05) is 37.1 Å². The van der Waals surface area contributed by atoms with Crippen LogP contribution in [0.15, 0.2) is 23.3 Å². The molecule has 0 aliphatic heterocycles. The smallest absolute Gasteiger partial charge is 0.190 e. The van der Waals surface area contributed by atoms with E-state index < -0.39 is 23.4 Å². The maximum absolute atomic E-state index is 12.3. The highest BCUT2D eigenvalue weighted by atomic mass is 16.3. The Morgan fingerprint density at radius 3 is 2.76 bits per heavy atom. The van der Waals surface area contributed by atoms with Crippen molar-refractivity contribution in [2.24, 2.45) is 22.7 Å². The molecule has 0 bridgehead atoms. The largest absolute Gasteiger partial charge is 0.388 e. The van der Waals surface area contributed by atoms with Gasteiger partial charge in [0.1, 0.15) is 18.0 Å².